The summed E-state index contributed by atoms with van der Waals surface area (Å²) in [6.45, 7) is 0. The van der Waals surface area contributed by atoms with Gasteiger partial charge in [-0.1, -0.05) is 18.2 Å². The summed E-state index contributed by atoms with van der Waals surface area (Å²) in [6, 6.07) is 13.1. The highest BCUT2D eigenvalue weighted by atomic mass is 16.2. The Hall–Kier alpha value is -3.22. The average molecular weight is 415 g/mol. The fourth-order valence-electron chi connectivity index (χ4n) is 6.73. The SMILES string of the molecule is O=C(NC12CC3CC(C1)CC(C(=O)Nc1nc4ccccc4[nH]1)(C3)C2)c1ccccn1. The molecule has 4 fully saturated rings. The number of H-pyrrole nitrogens is 1. The van der Waals surface area contributed by atoms with Crippen LogP contribution < -0.4 is 10.6 Å². The maximum absolute atomic E-state index is 13.5. The Labute approximate surface area is 180 Å². The van der Waals surface area contributed by atoms with Crippen molar-refractivity contribution >= 4 is 28.8 Å². The van der Waals surface area contributed by atoms with Crippen molar-refractivity contribution in [1.82, 2.24) is 20.3 Å². The van der Waals surface area contributed by atoms with E-state index >= 15 is 0 Å². The molecule has 2 aromatic heterocycles. The molecule has 4 saturated carbocycles. The third-order valence-electron chi connectivity index (χ3n) is 7.44. The molecular weight excluding hydrogens is 390 g/mol. The minimum atomic E-state index is -0.458. The minimum Gasteiger partial charge on any atom is -0.345 e. The third-order valence-corrected chi connectivity index (χ3v) is 7.44. The number of rotatable bonds is 4. The van der Waals surface area contributed by atoms with Gasteiger partial charge in [-0.3, -0.25) is 19.9 Å². The Kier molecular flexibility index (Phi) is 3.97. The van der Waals surface area contributed by atoms with Gasteiger partial charge in [0.2, 0.25) is 11.9 Å². The van der Waals surface area contributed by atoms with Gasteiger partial charge in [0.1, 0.15) is 5.69 Å². The number of imidazole rings is 1. The van der Waals surface area contributed by atoms with Gasteiger partial charge in [0, 0.05) is 11.7 Å². The fourth-order valence-corrected chi connectivity index (χ4v) is 6.73. The van der Waals surface area contributed by atoms with E-state index in [-0.39, 0.29) is 17.4 Å². The Morgan fingerprint density at radius 2 is 1.77 bits per heavy atom. The number of fused-ring (bicyclic) bond motifs is 1. The van der Waals surface area contributed by atoms with Crippen molar-refractivity contribution in [3.8, 4) is 0 Å². The summed E-state index contributed by atoms with van der Waals surface area (Å²) >= 11 is 0. The summed E-state index contributed by atoms with van der Waals surface area (Å²) in [6.07, 6.45) is 7.13. The summed E-state index contributed by atoms with van der Waals surface area (Å²) in [5.41, 5.74) is 1.38. The molecule has 4 aliphatic carbocycles. The summed E-state index contributed by atoms with van der Waals surface area (Å²) < 4.78 is 0. The summed E-state index contributed by atoms with van der Waals surface area (Å²) in [7, 11) is 0. The molecule has 4 bridgehead atoms. The van der Waals surface area contributed by atoms with E-state index in [1.54, 1.807) is 18.3 Å². The number of hydrogen-bond donors (Lipinski definition) is 3. The molecule has 0 aliphatic heterocycles. The monoisotopic (exact) mass is 415 g/mol. The van der Waals surface area contributed by atoms with Gasteiger partial charge >= 0.3 is 0 Å². The minimum absolute atomic E-state index is 0.0251. The lowest BCUT2D eigenvalue weighted by atomic mass is 9.46. The molecule has 3 N–H and O–H groups in total. The Balaban J connectivity index is 1.26. The van der Waals surface area contributed by atoms with Crippen LogP contribution in [0.5, 0.6) is 0 Å². The van der Waals surface area contributed by atoms with Gasteiger partial charge in [0.05, 0.1) is 16.4 Å². The van der Waals surface area contributed by atoms with E-state index in [4.69, 9.17) is 0 Å². The summed E-state index contributed by atoms with van der Waals surface area (Å²) in [5.74, 6) is 1.31. The zero-order chi connectivity index (χ0) is 21.1. The maximum atomic E-state index is 13.5. The van der Waals surface area contributed by atoms with Crippen LogP contribution >= 0.6 is 0 Å². The van der Waals surface area contributed by atoms with Crippen LogP contribution in [0.4, 0.5) is 5.95 Å². The van der Waals surface area contributed by atoms with E-state index in [0.29, 0.717) is 29.9 Å². The van der Waals surface area contributed by atoms with Gasteiger partial charge in [0.25, 0.3) is 5.91 Å². The molecule has 158 valence electrons. The predicted octanol–water partition coefficient (Wildman–Crippen LogP) is 3.67. The predicted molar refractivity (Wildman–Crippen MR) is 116 cm³/mol. The molecule has 0 radical (unpaired) electrons. The van der Waals surface area contributed by atoms with Gasteiger partial charge < -0.3 is 10.3 Å². The van der Waals surface area contributed by atoms with Crippen LogP contribution in [0.1, 0.15) is 49.0 Å². The molecular formula is C24H25N5O2. The normalized spacial score (nSPS) is 31.0. The number of carbonyl (C=O) groups excluding carboxylic acids is 2. The first-order valence-corrected chi connectivity index (χ1v) is 11.0. The first-order chi connectivity index (χ1) is 15.0. The smallest absolute Gasteiger partial charge is 0.270 e. The van der Waals surface area contributed by atoms with Crippen LogP contribution in [-0.4, -0.2) is 32.3 Å². The number of amides is 2. The van der Waals surface area contributed by atoms with E-state index in [1.165, 1.54) is 0 Å². The number of nitrogens with one attached hydrogen (secondary N) is 3. The Bertz CT molecular complexity index is 1120. The molecule has 2 heterocycles. The van der Waals surface area contributed by atoms with Crippen molar-refractivity contribution in [3.05, 3.63) is 54.4 Å². The standard InChI is InChI=1S/C24H25N5O2/c30-20(19-7-3-4-8-25-19)29-24-12-15-9-16(13-24)11-23(10-15,14-24)21(31)28-22-26-17-5-1-2-6-18(17)27-22/h1-8,15-16H,9-14H2,(H,29,30)(H2,26,27,28,31). The van der Waals surface area contributed by atoms with E-state index in [0.717, 1.165) is 43.1 Å². The molecule has 2 unspecified atom stereocenters. The molecule has 31 heavy (non-hydrogen) atoms. The van der Waals surface area contributed by atoms with Crippen molar-refractivity contribution < 1.29 is 9.59 Å². The van der Waals surface area contributed by atoms with Crippen LogP contribution in [0.3, 0.4) is 0 Å². The summed E-state index contributed by atoms with van der Waals surface area (Å²) in [5, 5.41) is 6.36. The van der Waals surface area contributed by atoms with Crippen LogP contribution in [0, 0.1) is 17.3 Å². The Morgan fingerprint density at radius 1 is 1.00 bits per heavy atom. The van der Waals surface area contributed by atoms with E-state index < -0.39 is 5.41 Å². The van der Waals surface area contributed by atoms with Crippen molar-refractivity contribution in [1.29, 1.82) is 0 Å². The van der Waals surface area contributed by atoms with Crippen molar-refractivity contribution in [3.63, 3.8) is 0 Å². The van der Waals surface area contributed by atoms with Gasteiger partial charge in [-0.15, -0.1) is 0 Å². The molecule has 0 saturated heterocycles. The second-order valence-corrected chi connectivity index (χ2v) is 9.75. The molecule has 4 aliphatic rings. The largest absolute Gasteiger partial charge is 0.345 e. The molecule has 0 spiro atoms. The fraction of sp³-hybridized carbons (Fsp3) is 0.417. The lowest BCUT2D eigenvalue weighted by Gasteiger charge is -2.61. The van der Waals surface area contributed by atoms with Gasteiger partial charge in [-0.25, -0.2) is 4.98 Å². The van der Waals surface area contributed by atoms with E-state index in [1.807, 2.05) is 30.3 Å². The Morgan fingerprint density at radius 3 is 2.52 bits per heavy atom. The zero-order valence-electron chi connectivity index (χ0n) is 17.2. The average Bonchev–Trinajstić information content (AvgIpc) is 3.15. The van der Waals surface area contributed by atoms with Crippen LogP contribution in [0.2, 0.25) is 0 Å². The highest BCUT2D eigenvalue weighted by Crippen LogP contribution is 2.62. The molecule has 7 rings (SSSR count). The second kappa shape index (κ2) is 6.64. The molecule has 2 amide bonds. The van der Waals surface area contributed by atoms with Crippen molar-refractivity contribution in [2.75, 3.05) is 5.32 Å². The van der Waals surface area contributed by atoms with Crippen LogP contribution in [0.15, 0.2) is 48.7 Å². The van der Waals surface area contributed by atoms with Gasteiger partial charge in [0.15, 0.2) is 0 Å². The highest BCUT2D eigenvalue weighted by Gasteiger charge is 2.61. The number of carbonyl (C=O) groups is 2. The van der Waals surface area contributed by atoms with E-state index in [9.17, 15) is 9.59 Å². The number of benzene rings is 1. The highest BCUT2D eigenvalue weighted by molar-refractivity contribution is 5.96. The van der Waals surface area contributed by atoms with Crippen LogP contribution in [-0.2, 0) is 4.79 Å². The number of anilines is 1. The lowest BCUT2D eigenvalue weighted by molar-refractivity contribution is -0.144. The maximum Gasteiger partial charge on any atom is 0.270 e. The van der Waals surface area contributed by atoms with Crippen molar-refractivity contribution in [2.45, 2.75) is 44.1 Å². The summed E-state index contributed by atoms with van der Waals surface area (Å²) in [4.78, 5) is 38.4. The number of hydrogen-bond acceptors (Lipinski definition) is 4. The molecule has 2 atom stereocenters. The molecule has 1 aromatic carbocycles. The van der Waals surface area contributed by atoms with Gasteiger partial charge in [-0.2, -0.15) is 0 Å². The lowest BCUT2D eigenvalue weighted by Crippen LogP contribution is -2.65. The first kappa shape index (κ1) is 18.5. The number of aromatic amines is 1. The molecule has 7 nitrogen and oxygen atoms in total. The quantitative estimate of drug-likeness (QED) is 0.605. The second-order valence-electron chi connectivity index (χ2n) is 9.75. The topological polar surface area (TPSA) is 99.8 Å². The van der Waals surface area contributed by atoms with Crippen molar-refractivity contribution in [2.24, 2.45) is 17.3 Å². The third kappa shape index (κ3) is 3.10. The molecule has 3 aromatic rings. The molecule has 7 heteroatoms. The van der Waals surface area contributed by atoms with Gasteiger partial charge in [-0.05, 0) is 74.6 Å². The first-order valence-electron chi connectivity index (χ1n) is 11.0. The number of pyridine rings is 1. The van der Waals surface area contributed by atoms with Crippen LogP contribution in [0.25, 0.3) is 11.0 Å². The van der Waals surface area contributed by atoms with E-state index in [2.05, 4.69) is 25.6 Å². The number of para-hydroxylation sites is 2. The number of aromatic nitrogens is 3. The number of nitrogens with zero attached hydrogens (tertiary/aromatic N) is 2. The zero-order valence-corrected chi connectivity index (χ0v) is 17.2.